The van der Waals surface area contributed by atoms with Crippen LogP contribution in [0.3, 0.4) is 0 Å². The largest absolute Gasteiger partial charge is 0.756 e. The fourth-order valence-corrected chi connectivity index (χ4v) is 10.3. The second-order valence-corrected chi connectivity index (χ2v) is 25.0. The molecule has 0 heterocycles. The van der Waals surface area contributed by atoms with E-state index in [0.29, 0.717) is 17.4 Å². The first-order chi connectivity index (χ1) is 37.9. The summed E-state index contributed by atoms with van der Waals surface area (Å²) in [5.41, 5.74) is 0. The summed E-state index contributed by atoms with van der Waals surface area (Å²) >= 11 is 0. The smallest absolute Gasteiger partial charge is 0.306 e. The Bertz CT molecular complexity index is 1520. The Kier molecular flexibility index (Phi) is 56.2. The Labute approximate surface area is 483 Å². The van der Waals surface area contributed by atoms with E-state index < -0.39 is 26.6 Å². The van der Waals surface area contributed by atoms with Crippen LogP contribution in [0, 0.1) is 0 Å². The maximum Gasteiger partial charge on any atom is 0.306 e. The third kappa shape index (κ3) is 58.4. The van der Waals surface area contributed by atoms with Crippen LogP contribution in [0.5, 0.6) is 0 Å². The Hall–Kier alpha value is -2.29. The number of hydrogen-bond acceptors (Lipinski definition) is 7. The highest BCUT2D eigenvalue weighted by Gasteiger charge is 2.27. The molecule has 9 nitrogen and oxygen atoms in total. The van der Waals surface area contributed by atoms with Gasteiger partial charge in [-0.1, -0.05) is 275 Å². The summed E-state index contributed by atoms with van der Waals surface area (Å²) in [6.07, 6.45) is 73.7. The Morgan fingerprint density at radius 2 is 0.795 bits per heavy atom. The molecule has 0 aliphatic carbocycles. The first kappa shape index (κ1) is 75.7. The first-order valence-corrected chi connectivity index (χ1v) is 34.6. The van der Waals surface area contributed by atoms with E-state index in [0.717, 1.165) is 57.8 Å². The van der Waals surface area contributed by atoms with Crippen LogP contribution >= 0.6 is 7.82 Å². The molecule has 0 aliphatic heterocycles. The van der Waals surface area contributed by atoms with Crippen molar-refractivity contribution in [2.75, 3.05) is 40.9 Å². The van der Waals surface area contributed by atoms with E-state index in [1.165, 1.54) is 212 Å². The number of phosphoric ester groups is 1. The highest BCUT2D eigenvalue weighted by atomic mass is 31.2. The summed E-state index contributed by atoms with van der Waals surface area (Å²) in [4.78, 5) is 39.9. The summed E-state index contributed by atoms with van der Waals surface area (Å²) in [5.74, 6) is -0.610. The zero-order valence-electron chi connectivity index (χ0n) is 52.1. The monoisotopic (exact) mass is 1110 g/mol. The molecule has 0 aromatic carbocycles. The SMILES string of the molecule is CCCCC/C=C\C/C=C\CCCCCCCCCCCCCCCCCCCC(=O)OC(/C=C\CCCCCCCCCCCC)C(COP(=O)([O-])OCC[N+](C)(C)C)NC(=O)CC/C=C/C/C=C\CCCCCCCC. The Balaban J connectivity index is 5.03. The van der Waals surface area contributed by atoms with E-state index in [2.05, 4.69) is 68.6 Å². The van der Waals surface area contributed by atoms with Crippen molar-refractivity contribution in [3.63, 3.8) is 0 Å². The number of quaternary nitrogens is 1. The van der Waals surface area contributed by atoms with E-state index in [1.54, 1.807) is 0 Å². The number of carbonyl (C=O) groups excluding carboxylic acids is 2. The van der Waals surface area contributed by atoms with E-state index in [1.807, 2.05) is 39.4 Å². The molecule has 10 heteroatoms. The van der Waals surface area contributed by atoms with Gasteiger partial charge in [0.25, 0.3) is 7.82 Å². The van der Waals surface area contributed by atoms with Crippen LogP contribution in [-0.2, 0) is 27.9 Å². The number of likely N-dealkylation sites (N-methyl/N-ethyl adjacent to an activating group) is 1. The molecule has 3 unspecified atom stereocenters. The number of allylic oxidation sites excluding steroid dienone is 9. The molecule has 456 valence electrons. The fourth-order valence-electron chi connectivity index (χ4n) is 9.54. The number of carbonyl (C=O) groups is 2. The molecule has 0 bridgehead atoms. The van der Waals surface area contributed by atoms with Gasteiger partial charge in [0.2, 0.25) is 5.91 Å². The number of ether oxygens (including phenoxy) is 1. The number of amides is 1. The lowest BCUT2D eigenvalue weighted by Gasteiger charge is -2.30. The zero-order valence-corrected chi connectivity index (χ0v) is 53.0. The van der Waals surface area contributed by atoms with Crippen molar-refractivity contribution < 1.29 is 37.3 Å². The molecule has 0 spiro atoms. The van der Waals surface area contributed by atoms with Crippen LogP contribution in [0.4, 0.5) is 0 Å². The van der Waals surface area contributed by atoms with Crippen LogP contribution in [0.25, 0.3) is 0 Å². The maximum absolute atomic E-state index is 13.5. The van der Waals surface area contributed by atoms with Gasteiger partial charge in [0, 0.05) is 12.8 Å². The van der Waals surface area contributed by atoms with Gasteiger partial charge in [0.15, 0.2) is 0 Å². The lowest BCUT2D eigenvalue weighted by atomic mass is 10.0. The average Bonchev–Trinajstić information content (AvgIpc) is 3.40. The Morgan fingerprint density at radius 3 is 1.21 bits per heavy atom. The molecule has 3 atom stereocenters. The Morgan fingerprint density at radius 1 is 0.449 bits per heavy atom. The molecule has 1 N–H and O–H groups in total. The van der Waals surface area contributed by atoms with Crippen LogP contribution in [0.2, 0.25) is 0 Å². The molecule has 1 amide bonds. The van der Waals surface area contributed by atoms with Crippen LogP contribution in [-0.4, -0.2) is 69.4 Å². The zero-order chi connectivity index (χ0) is 57.2. The predicted molar refractivity (Wildman–Crippen MR) is 335 cm³/mol. The van der Waals surface area contributed by atoms with Gasteiger partial charge < -0.3 is 28.5 Å². The molecule has 0 radical (unpaired) electrons. The fraction of sp³-hybridized carbons (Fsp3) is 0.824. The summed E-state index contributed by atoms with van der Waals surface area (Å²) in [6.45, 7) is 6.79. The van der Waals surface area contributed by atoms with Gasteiger partial charge in [-0.15, -0.1) is 0 Å². The number of rotatable bonds is 60. The van der Waals surface area contributed by atoms with E-state index in [4.69, 9.17) is 13.8 Å². The minimum Gasteiger partial charge on any atom is -0.756 e. The number of hydrogen-bond donors (Lipinski definition) is 1. The molecule has 0 aromatic heterocycles. The van der Waals surface area contributed by atoms with E-state index in [-0.39, 0.29) is 31.3 Å². The molecule has 78 heavy (non-hydrogen) atoms. The van der Waals surface area contributed by atoms with Crippen molar-refractivity contribution >= 4 is 19.7 Å². The second kappa shape index (κ2) is 57.9. The van der Waals surface area contributed by atoms with Gasteiger partial charge >= 0.3 is 5.97 Å². The summed E-state index contributed by atoms with van der Waals surface area (Å²) in [7, 11) is 1.16. The molecule has 0 saturated carbocycles. The summed E-state index contributed by atoms with van der Waals surface area (Å²) in [5, 5.41) is 2.99. The lowest BCUT2D eigenvalue weighted by molar-refractivity contribution is -0.870. The number of nitrogens with zero attached hydrogens (tertiary/aromatic N) is 1. The van der Waals surface area contributed by atoms with Crippen LogP contribution in [0.15, 0.2) is 60.8 Å². The van der Waals surface area contributed by atoms with Gasteiger partial charge in [-0.3, -0.25) is 14.2 Å². The third-order valence-corrected chi connectivity index (χ3v) is 15.6. The number of unbranched alkanes of at least 4 members (excludes halogenated alkanes) is 36. The highest BCUT2D eigenvalue weighted by Crippen LogP contribution is 2.38. The van der Waals surface area contributed by atoms with Crippen molar-refractivity contribution in [2.45, 2.75) is 322 Å². The first-order valence-electron chi connectivity index (χ1n) is 33.1. The molecule has 0 rings (SSSR count). The van der Waals surface area contributed by atoms with Gasteiger partial charge in [-0.05, 0) is 83.1 Å². The highest BCUT2D eigenvalue weighted by molar-refractivity contribution is 7.45. The topological polar surface area (TPSA) is 114 Å². The van der Waals surface area contributed by atoms with Gasteiger partial charge in [0.05, 0.1) is 33.8 Å². The molecule has 0 aliphatic rings. The minimum atomic E-state index is -4.71. The van der Waals surface area contributed by atoms with Gasteiger partial charge in [-0.2, -0.15) is 0 Å². The van der Waals surface area contributed by atoms with Gasteiger partial charge in [-0.25, -0.2) is 0 Å². The van der Waals surface area contributed by atoms with Crippen molar-refractivity contribution in [1.29, 1.82) is 0 Å². The predicted octanol–water partition coefficient (Wildman–Crippen LogP) is 20.0. The molecule has 0 saturated heterocycles. The van der Waals surface area contributed by atoms with Crippen molar-refractivity contribution in [2.24, 2.45) is 0 Å². The van der Waals surface area contributed by atoms with Gasteiger partial charge in [0.1, 0.15) is 19.3 Å². The van der Waals surface area contributed by atoms with Crippen LogP contribution < -0.4 is 10.2 Å². The van der Waals surface area contributed by atoms with Crippen LogP contribution in [0.1, 0.15) is 310 Å². The maximum atomic E-state index is 13.5. The van der Waals surface area contributed by atoms with Crippen molar-refractivity contribution in [3.8, 4) is 0 Å². The molecular weight excluding hydrogens is 988 g/mol. The normalized spacial score (nSPS) is 14.0. The van der Waals surface area contributed by atoms with Crippen molar-refractivity contribution in [1.82, 2.24) is 5.32 Å². The lowest BCUT2D eigenvalue weighted by Crippen LogP contribution is -2.47. The number of phosphoric acid groups is 1. The number of nitrogens with one attached hydrogen (secondary N) is 1. The van der Waals surface area contributed by atoms with E-state index >= 15 is 0 Å². The second-order valence-electron chi connectivity index (χ2n) is 23.6. The summed E-state index contributed by atoms with van der Waals surface area (Å²) < 4.78 is 30.3. The molecular formula is C68H127N2O7P. The van der Waals surface area contributed by atoms with Crippen molar-refractivity contribution in [3.05, 3.63) is 60.8 Å². The standard InChI is InChI=1S/C68H127N2O7P/c1-7-10-13-16-19-22-25-28-29-30-31-32-33-34-35-36-37-38-39-40-41-43-46-49-52-55-58-61-68(72)77-66(59-56-53-50-47-44-27-24-21-18-15-12-9-3)65(64-76-78(73,74)75-63-62-70(4,5)6)69-67(71)60-57-54-51-48-45-42-26-23-20-17-14-11-8-2/h19,22,28-29,42,45,51,54,56,59,65-66H,7-18,20-21,23-27,30-41,43-44,46-50,52-53,55,57-58,60-64H2,1-6H3,(H-,69,71,73,74)/b22-19-,29-28-,45-42-,54-51+,59-56-. The average molecular weight is 1120 g/mol. The quantitative estimate of drug-likeness (QED) is 0.0212. The third-order valence-electron chi connectivity index (χ3n) is 14.7. The molecule has 0 aromatic rings. The summed E-state index contributed by atoms with van der Waals surface area (Å²) in [6, 6.07) is -0.917. The molecule has 0 fully saturated rings. The number of esters is 1. The van der Waals surface area contributed by atoms with E-state index in [9.17, 15) is 19.0 Å². The minimum absolute atomic E-state index is 0.0312.